The van der Waals surface area contributed by atoms with Crippen LogP contribution >= 0.6 is 0 Å². The fourth-order valence-corrected chi connectivity index (χ4v) is 5.85. The average molecular weight is 409 g/mol. The van der Waals surface area contributed by atoms with Gasteiger partial charge in [-0.15, -0.1) is 0 Å². The highest BCUT2D eigenvalue weighted by Gasteiger charge is 2.56. The van der Waals surface area contributed by atoms with E-state index >= 15 is 0 Å². The Hall–Kier alpha value is -3.40. The van der Waals surface area contributed by atoms with E-state index in [1.807, 2.05) is 24.3 Å². The Morgan fingerprint density at radius 2 is 1.77 bits per heavy atom. The third-order valence-corrected chi connectivity index (χ3v) is 7.15. The molecule has 1 saturated carbocycles. The van der Waals surface area contributed by atoms with Crippen LogP contribution in [0.15, 0.2) is 89.6 Å². The summed E-state index contributed by atoms with van der Waals surface area (Å²) < 4.78 is 0. The number of carbonyl (C=O) groups excluding carboxylic acids is 1. The van der Waals surface area contributed by atoms with E-state index in [2.05, 4.69) is 35.2 Å². The van der Waals surface area contributed by atoms with E-state index in [0.717, 1.165) is 41.9 Å². The van der Waals surface area contributed by atoms with Gasteiger partial charge in [-0.2, -0.15) is 0 Å². The molecule has 0 unspecified atom stereocenters. The number of aromatic hydroxyl groups is 1. The molecule has 0 aromatic heterocycles. The highest BCUT2D eigenvalue weighted by atomic mass is 16.3. The molecule has 4 heteroatoms. The molecule has 2 heterocycles. The molecule has 1 spiro atoms. The summed E-state index contributed by atoms with van der Waals surface area (Å²) in [6.07, 6.45) is 12.0. The molecule has 0 bridgehead atoms. The zero-order valence-corrected chi connectivity index (χ0v) is 17.2. The van der Waals surface area contributed by atoms with Crippen molar-refractivity contribution in [3.63, 3.8) is 0 Å². The number of nitrogens with zero attached hydrogens (tertiary/aromatic N) is 2. The van der Waals surface area contributed by atoms with Gasteiger partial charge in [0, 0.05) is 23.6 Å². The molecule has 2 aliphatic carbocycles. The number of hydrogen-bond donors (Lipinski definition) is 1. The van der Waals surface area contributed by atoms with Crippen LogP contribution in [0.4, 0.5) is 0 Å². The van der Waals surface area contributed by atoms with Gasteiger partial charge in [-0.1, -0.05) is 55.0 Å². The van der Waals surface area contributed by atoms with Crippen molar-refractivity contribution in [1.82, 2.24) is 4.90 Å². The van der Waals surface area contributed by atoms with E-state index in [4.69, 9.17) is 4.99 Å². The number of fused-ring (bicyclic) bond motifs is 2. The maximum Gasteiger partial charge on any atom is 0.180 e. The quantitative estimate of drug-likeness (QED) is 0.695. The van der Waals surface area contributed by atoms with Crippen molar-refractivity contribution in [3.8, 4) is 5.75 Å². The van der Waals surface area contributed by atoms with Crippen molar-refractivity contribution in [2.75, 3.05) is 0 Å². The highest BCUT2D eigenvalue weighted by molar-refractivity contribution is 6.21. The normalized spacial score (nSPS) is 28.8. The van der Waals surface area contributed by atoms with Gasteiger partial charge in [0.15, 0.2) is 5.78 Å². The number of phenols is 1. The van der Waals surface area contributed by atoms with Crippen LogP contribution in [0, 0.1) is 5.92 Å². The van der Waals surface area contributed by atoms with Crippen LogP contribution in [0.1, 0.15) is 42.7 Å². The third kappa shape index (κ3) is 2.74. The monoisotopic (exact) mass is 408 g/mol. The molecule has 0 amide bonds. The topological polar surface area (TPSA) is 52.9 Å². The molecular formula is C27H24N2O2. The molecule has 2 aromatic carbocycles. The number of ketones is 1. The first-order chi connectivity index (χ1) is 15.2. The SMILES string of the molecule is O=C1C=CC2=N[C@@]34CCCC[C@H]3[C@@H](c3ccc(O)cc3)C=C(c3ccccc3)N4C2=C1. The van der Waals surface area contributed by atoms with E-state index in [1.165, 1.54) is 12.0 Å². The number of allylic oxidation sites excluding steroid dienone is 4. The molecule has 1 N–H and O–H groups in total. The van der Waals surface area contributed by atoms with Crippen LogP contribution in [0.5, 0.6) is 5.75 Å². The largest absolute Gasteiger partial charge is 0.508 e. The second-order valence-electron chi connectivity index (χ2n) is 8.86. The first-order valence-electron chi connectivity index (χ1n) is 11.1. The Bertz CT molecular complexity index is 1170. The molecular weight excluding hydrogens is 384 g/mol. The van der Waals surface area contributed by atoms with Crippen LogP contribution in [-0.2, 0) is 4.79 Å². The number of phenolic OH excluding ortho intramolecular Hbond substituents is 1. The fraction of sp³-hybridized carbons (Fsp3) is 0.259. The van der Waals surface area contributed by atoms with Gasteiger partial charge in [0.2, 0.25) is 0 Å². The number of hydrogen-bond acceptors (Lipinski definition) is 4. The van der Waals surface area contributed by atoms with Crippen molar-refractivity contribution >= 4 is 17.2 Å². The summed E-state index contributed by atoms with van der Waals surface area (Å²) in [5.41, 5.74) is 4.92. The first-order valence-corrected chi connectivity index (χ1v) is 11.1. The van der Waals surface area contributed by atoms with E-state index in [1.54, 1.807) is 24.3 Å². The van der Waals surface area contributed by atoms with E-state index in [0.29, 0.717) is 5.92 Å². The molecule has 3 atom stereocenters. The van der Waals surface area contributed by atoms with E-state index in [9.17, 15) is 9.90 Å². The Morgan fingerprint density at radius 3 is 2.58 bits per heavy atom. The first kappa shape index (κ1) is 18.4. The van der Waals surface area contributed by atoms with Gasteiger partial charge >= 0.3 is 0 Å². The van der Waals surface area contributed by atoms with Crippen molar-refractivity contribution in [3.05, 3.63) is 95.7 Å². The van der Waals surface area contributed by atoms with Crippen LogP contribution in [0.25, 0.3) is 5.70 Å². The highest BCUT2D eigenvalue weighted by Crippen LogP contribution is 2.57. The molecule has 0 radical (unpaired) electrons. The molecule has 2 aromatic rings. The maximum absolute atomic E-state index is 12.3. The molecule has 2 aliphatic heterocycles. The van der Waals surface area contributed by atoms with Crippen LogP contribution in [0.2, 0.25) is 0 Å². The predicted octanol–water partition coefficient (Wildman–Crippen LogP) is 5.20. The van der Waals surface area contributed by atoms with Crippen molar-refractivity contribution < 1.29 is 9.90 Å². The number of carbonyl (C=O) groups is 1. The summed E-state index contributed by atoms with van der Waals surface area (Å²) in [7, 11) is 0. The molecule has 154 valence electrons. The molecule has 4 nitrogen and oxygen atoms in total. The summed E-state index contributed by atoms with van der Waals surface area (Å²) in [6, 6.07) is 18.0. The van der Waals surface area contributed by atoms with Gasteiger partial charge in [0.1, 0.15) is 11.4 Å². The van der Waals surface area contributed by atoms with Gasteiger partial charge < -0.3 is 10.0 Å². The maximum atomic E-state index is 12.3. The van der Waals surface area contributed by atoms with Gasteiger partial charge in [0.05, 0.1) is 11.4 Å². The lowest BCUT2D eigenvalue weighted by molar-refractivity contribution is -0.110. The van der Waals surface area contributed by atoms with Gasteiger partial charge in [-0.25, -0.2) is 0 Å². The molecule has 0 saturated heterocycles. The smallest absolute Gasteiger partial charge is 0.180 e. The second kappa shape index (κ2) is 6.81. The third-order valence-electron chi connectivity index (χ3n) is 7.15. The minimum Gasteiger partial charge on any atom is -0.508 e. The van der Waals surface area contributed by atoms with E-state index in [-0.39, 0.29) is 23.1 Å². The van der Waals surface area contributed by atoms with Gasteiger partial charge in [-0.05, 0) is 54.7 Å². The van der Waals surface area contributed by atoms with Crippen LogP contribution < -0.4 is 0 Å². The summed E-state index contributed by atoms with van der Waals surface area (Å²) in [5.74, 6) is 0.803. The van der Waals surface area contributed by atoms with Gasteiger partial charge in [-0.3, -0.25) is 9.79 Å². The lowest BCUT2D eigenvalue weighted by Gasteiger charge is -2.53. The number of aliphatic imine (C=N–C) groups is 1. The average Bonchev–Trinajstić information content (AvgIpc) is 3.12. The van der Waals surface area contributed by atoms with E-state index < -0.39 is 0 Å². The lowest BCUT2D eigenvalue weighted by atomic mass is 9.66. The predicted molar refractivity (Wildman–Crippen MR) is 121 cm³/mol. The Kier molecular flexibility index (Phi) is 4.04. The number of rotatable bonds is 2. The van der Waals surface area contributed by atoms with Crippen molar-refractivity contribution in [2.24, 2.45) is 10.9 Å². The summed E-state index contributed by atoms with van der Waals surface area (Å²) in [4.78, 5) is 20.0. The molecule has 4 aliphatic rings. The van der Waals surface area contributed by atoms with Crippen LogP contribution in [-0.4, -0.2) is 27.2 Å². The summed E-state index contributed by atoms with van der Waals surface area (Å²) in [5, 5.41) is 9.84. The molecule has 6 rings (SSSR count). The Morgan fingerprint density at radius 1 is 0.968 bits per heavy atom. The fourth-order valence-electron chi connectivity index (χ4n) is 5.85. The zero-order valence-electron chi connectivity index (χ0n) is 17.2. The Balaban J connectivity index is 1.60. The molecule has 1 fully saturated rings. The van der Waals surface area contributed by atoms with Gasteiger partial charge in [0.25, 0.3) is 0 Å². The van der Waals surface area contributed by atoms with Crippen molar-refractivity contribution in [1.29, 1.82) is 0 Å². The van der Waals surface area contributed by atoms with Crippen molar-refractivity contribution in [2.45, 2.75) is 37.3 Å². The summed E-state index contributed by atoms with van der Waals surface area (Å²) in [6.45, 7) is 0. The minimum atomic E-state index is -0.378. The number of benzene rings is 2. The minimum absolute atomic E-state index is 0.0198. The second-order valence-corrected chi connectivity index (χ2v) is 8.86. The zero-order chi connectivity index (χ0) is 21.0. The molecule has 31 heavy (non-hydrogen) atoms. The lowest BCUT2D eigenvalue weighted by Crippen LogP contribution is -2.54. The van der Waals surface area contributed by atoms with Crippen LogP contribution in [0.3, 0.4) is 0 Å². The Labute approximate surface area is 181 Å². The summed E-state index contributed by atoms with van der Waals surface area (Å²) >= 11 is 0. The standard InChI is InChI=1S/C27H24N2O2/c30-20-11-9-18(10-12-20)22-17-25(19-6-2-1-3-7-19)29-26-16-21(31)13-14-24(26)28-27(29)15-5-4-8-23(22)27/h1-3,6-7,9-14,16-17,22-23,30H,4-5,8,15H2/t22-,23+,27-/m1/s1.